The average molecular weight is 213 g/mol. The Morgan fingerprint density at radius 1 is 1.27 bits per heavy atom. The molecule has 2 N–H and O–H groups in total. The summed E-state index contributed by atoms with van der Waals surface area (Å²) in [5.74, 6) is 0.692. The molecule has 0 aromatic rings. The van der Waals surface area contributed by atoms with Gasteiger partial charge in [0.25, 0.3) is 0 Å². The molecule has 1 aliphatic carbocycles. The lowest BCUT2D eigenvalue weighted by atomic mass is 9.80. The Bertz CT molecular complexity index is 183. The molecule has 1 rings (SSSR count). The highest BCUT2D eigenvalue weighted by Crippen LogP contribution is 2.31. The lowest BCUT2D eigenvalue weighted by Gasteiger charge is -2.37. The Labute approximate surface area is 94.5 Å². The maximum atomic E-state index is 10.1. The zero-order valence-electron chi connectivity index (χ0n) is 10.7. The molecule has 2 heteroatoms. The predicted octanol–water partition coefficient (Wildman–Crippen LogP) is 2.70. The first-order valence-electron chi connectivity index (χ1n) is 6.45. The highest BCUT2D eigenvalue weighted by atomic mass is 16.3. The van der Waals surface area contributed by atoms with Gasteiger partial charge in [-0.15, -0.1) is 0 Å². The molecule has 1 unspecified atom stereocenters. The Hall–Kier alpha value is -0.0800. The van der Waals surface area contributed by atoms with Crippen molar-refractivity contribution in [3.05, 3.63) is 0 Å². The van der Waals surface area contributed by atoms with Crippen LogP contribution in [0.25, 0.3) is 0 Å². The van der Waals surface area contributed by atoms with Crippen molar-refractivity contribution in [2.75, 3.05) is 0 Å². The van der Waals surface area contributed by atoms with Crippen LogP contribution in [0.5, 0.6) is 0 Å². The zero-order chi connectivity index (χ0) is 11.5. The monoisotopic (exact) mass is 213 g/mol. The van der Waals surface area contributed by atoms with Gasteiger partial charge in [-0.3, -0.25) is 0 Å². The van der Waals surface area contributed by atoms with Crippen molar-refractivity contribution in [1.82, 2.24) is 5.32 Å². The lowest BCUT2D eigenvalue weighted by molar-refractivity contribution is -0.00808. The third-order valence-corrected chi connectivity index (χ3v) is 4.07. The van der Waals surface area contributed by atoms with Crippen molar-refractivity contribution < 1.29 is 5.11 Å². The number of aliphatic hydroxyl groups is 1. The molecule has 90 valence electrons. The second kappa shape index (κ2) is 5.31. The molecule has 0 heterocycles. The van der Waals surface area contributed by atoms with E-state index in [0.717, 1.165) is 32.1 Å². The Balaban J connectivity index is 2.32. The van der Waals surface area contributed by atoms with Gasteiger partial charge in [0.1, 0.15) is 0 Å². The maximum Gasteiger partial charge on any atom is 0.0646 e. The molecule has 0 radical (unpaired) electrons. The lowest BCUT2D eigenvalue weighted by Crippen LogP contribution is -2.45. The minimum atomic E-state index is -0.362. The molecule has 1 saturated carbocycles. The fraction of sp³-hybridized carbons (Fsp3) is 1.00. The van der Waals surface area contributed by atoms with Crippen LogP contribution in [0.2, 0.25) is 0 Å². The van der Waals surface area contributed by atoms with Crippen LogP contribution < -0.4 is 5.32 Å². The fourth-order valence-corrected chi connectivity index (χ4v) is 2.24. The fourth-order valence-electron chi connectivity index (χ4n) is 2.24. The van der Waals surface area contributed by atoms with Crippen LogP contribution in [0.1, 0.15) is 59.8 Å². The Morgan fingerprint density at radius 3 is 2.20 bits per heavy atom. The molecular formula is C13H27NO. The quantitative estimate of drug-likeness (QED) is 0.752. The van der Waals surface area contributed by atoms with Crippen LogP contribution in [-0.4, -0.2) is 22.8 Å². The van der Waals surface area contributed by atoms with Gasteiger partial charge < -0.3 is 10.4 Å². The van der Waals surface area contributed by atoms with Crippen LogP contribution in [-0.2, 0) is 0 Å². The zero-order valence-corrected chi connectivity index (χ0v) is 10.7. The summed E-state index contributed by atoms with van der Waals surface area (Å²) in [6.07, 6.45) is 5.08. The van der Waals surface area contributed by atoms with E-state index in [9.17, 15) is 5.11 Å². The van der Waals surface area contributed by atoms with Crippen LogP contribution in [0.4, 0.5) is 0 Å². The average Bonchev–Trinajstić information content (AvgIpc) is 2.21. The van der Waals surface area contributed by atoms with E-state index in [2.05, 4.69) is 33.0 Å². The van der Waals surface area contributed by atoms with Crippen molar-refractivity contribution in [2.45, 2.75) is 77.5 Å². The minimum Gasteiger partial charge on any atom is -0.390 e. The van der Waals surface area contributed by atoms with E-state index in [4.69, 9.17) is 0 Å². The third-order valence-electron chi connectivity index (χ3n) is 4.07. The first-order chi connectivity index (χ1) is 6.97. The maximum absolute atomic E-state index is 10.1. The van der Waals surface area contributed by atoms with Crippen molar-refractivity contribution >= 4 is 0 Å². The normalized spacial score (nSPS) is 34.4. The topological polar surface area (TPSA) is 32.3 Å². The summed E-state index contributed by atoms with van der Waals surface area (Å²) >= 11 is 0. The molecule has 0 amide bonds. The smallest absolute Gasteiger partial charge is 0.0646 e. The summed E-state index contributed by atoms with van der Waals surface area (Å²) in [6, 6.07) is 1.21. The van der Waals surface area contributed by atoms with E-state index >= 15 is 0 Å². The van der Waals surface area contributed by atoms with Gasteiger partial charge in [0.05, 0.1) is 5.60 Å². The van der Waals surface area contributed by atoms with E-state index in [0.29, 0.717) is 18.0 Å². The summed E-state index contributed by atoms with van der Waals surface area (Å²) < 4.78 is 0. The summed E-state index contributed by atoms with van der Waals surface area (Å²) in [6.45, 7) is 8.85. The largest absolute Gasteiger partial charge is 0.390 e. The van der Waals surface area contributed by atoms with E-state index < -0.39 is 0 Å². The molecule has 2 nitrogen and oxygen atoms in total. The standard InChI is InChI=1S/C13H27NO/c1-5-13(15)8-6-12(7-9-13)14-11(4)10(2)3/h10-12,14-15H,5-9H2,1-4H3. The SMILES string of the molecule is CCC1(O)CCC(NC(C)C(C)C)CC1. The van der Waals surface area contributed by atoms with E-state index in [1.807, 2.05) is 0 Å². The molecule has 1 aliphatic rings. The molecular weight excluding hydrogens is 186 g/mol. The van der Waals surface area contributed by atoms with E-state index in [1.54, 1.807) is 0 Å². The summed E-state index contributed by atoms with van der Waals surface area (Å²) in [7, 11) is 0. The Kier molecular flexibility index (Phi) is 4.60. The van der Waals surface area contributed by atoms with E-state index in [1.165, 1.54) is 0 Å². The van der Waals surface area contributed by atoms with Crippen molar-refractivity contribution in [3.8, 4) is 0 Å². The number of rotatable bonds is 4. The minimum absolute atomic E-state index is 0.362. The molecule has 0 saturated heterocycles. The molecule has 0 aromatic heterocycles. The van der Waals surface area contributed by atoms with Gasteiger partial charge in [-0.1, -0.05) is 20.8 Å². The Morgan fingerprint density at radius 2 is 1.80 bits per heavy atom. The third kappa shape index (κ3) is 3.76. The van der Waals surface area contributed by atoms with Crippen molar-refractivity contribution in [1.29, 1.82) is 0 Å². The van der Waals surface area contributed by atoms with Crippen LogP contribution >= 0.6 is 0 Å². The molecule has 15 heavy (non-hydrogen) atoms. The second-order valence-corrected chi connectivity index (χ2v) is 5.55. The number of nitrogens with one attached hydrogen (secondary N) is 1. The first kappa shape index (κ1) is 13.0. The van der Waals surface area contributed by atoms with Gasteiger partial charge in [-0.25, -0.2) is 0 Å². The molecule has 0 aromatic carbocycles. The van der Waals surface area contributed by atoms with Gasteiger partial charge >= 0.3 is 0 Å². The summed E-state index contributed by atoms with van der Waals surface area (Å²) in [4.78, 5) is 0. The van der Waals surface area contributed by atoms with Gasteiger partial charge in [-0.2, -0.15) is 0 Å². The van der Waals surface area contributed by atoms with Gasteiger partial charge in [-0.05, 0) is 44.9 Å². The summed E-state index contributed by atoms with van der Waals surface area (Å²) in [5.41, 5.74) is -0.362. The molecule has 0 spiro atoms. The van der Waals surface area contributed by atoms with Crippen LogP contribution in [0.3, 0.4) is 0 Å². The number of hydrogen-bond acceptors (Lipinski definition) is 2. The predicted molar refractivity (Wildman–Crippen MR) is 64.9 cm³/mol. The molecule has 0 aliphatic heterocycles. The number of hydrogen-bond donors (Lipinski definition) is 2. The van der Waals surface area contributed by atoms with Crippen LogP contribution in [0, 0.1) is 5.92 Å². The molecule has 1 atom stereocenters. The van der Waals surface area contributed by atoms with Gasteiger partial charge in [0.2, 0.25) is 0 Å². The first-order valence-corrected chi connectivity index (χ1v) is 6.45. The molecule has 1 fully saturated rings. The van der Waals surface area contributed by atoms with Crippen LogP contribution in [0.15, 0.2) is 0 Å². The van der Waals surface area contributed by atoms with E-state index in [-0.39, 0.29) is 5.60 Å². The second-order valence-electron chi connectivity index (χ2n) is 5.55. The highest BCUT2D eigenvalue weighted by molar-refractivity contribution is 4.88. The van der Waals surface area contributed by atoms with Gasteiger partial charge in [0, 0.05) is 12.1 Å². The van der Waals surface area contributed by atoms with Crippen molar-refractivity contribution in [3.63, 3.8) is 0 Å². The highest BCUT2D eigenvalue weighted by Gasteiger charge is 2.31. The van der Waals surface area contributed by atoms with Crippen molar-refractivity contribution in [2.24, 2.45) is 5.92 Å². The summed E-state index contributed by atoms with van der Waals surface area (Å²) in [5, 5.41) is 13.8. The molecule has 0 bridgehead atoms. The van der Waals surface area contributed by atoms with Gasteiger partial charge in [0.15, 0.2) is 0 Å².